The van der Waals surface area contributed by atoms with Crippen molar-refractivity contribution in [2.24, 2.45) is 61.8 Å². The van der Waals surface area contributed by atoms with Crippen LogP contribution in [0.5, 0.6) is 0 Å². The number of Topliss-reactive ketones (excluding diaryl/α,β-unsaturated/α-hetero) is 1. The molecular weight excluding hydrogens is 534 g/mol. The average Bonchev–Trinajstić information content (AvgIpc) is 3.38. The first-order valence-corrected chi connectivity index (χ1v) is 16.9. The Balaban J connectivity index is 1.31. The van der Waals surface area contributed by atoms with Gasteiger partial charge in [-0.1, -0.05) is 82.3 Å². The van der Waals surface area contributed by atoms with Crippen molar-refractivity contribution in [2.45, 2.75) is 106 Å². The standard InChI is InChI=1S/C38H53NO4/c1-24(2)26-15-20-38(33(41)43-23-28(40)25-11-9-8-10-12-25)22-21-36(6)27(32(26)38)13-14-30-35(5)18-17-31(39-42)34(3,4)29(35)16-19-37(30,36)7/h8-12,26-27,29-30,32,42H,1,13-23H2,2-7H3/b39-31+/t26-,27+,29-,30+,32+,35-,36+,37+,38-/m0/s1. The fourth-order valence-electron chi connectivity index (χ4n) is 12.5. The maximum atomic E-state index is 14.2. The van der Waals surface area contributed by atoms with Crippen LogP contribution >= 0.6 is 0 Å². The normalized spacial score (nSPS) is 44.0. The fraction of sp³-hybridized carbons (Fsp3) is 0.711. The molecule has 5 fully saturated rings. The van der Waals surface area contributed by atoms with Gasteiger partial charge in [0.15, 0.2) is 12.4 Å². The number of benzene rings is 1. The van der Waals surface area contributed by atoms with Gasteiger partial charge >= 0.3 is 5.97 Å². The van der Waals surface area contributed by atoms with Crippen molar-refractivity contribution in [1.29, 1.82) is 0 Å². The second-order valence-electron chi connectivity index (χ2n) is 16.5. The third-order valence-corrected chi connectivity index (χ3v) is 14.8. The van der Waals surface area contributed by atoms with Crippen LogP contribution in [0.15, 0.2) is 47.6 Å². The largest absolute Gasteiger partial charge is 0.457 e. The minimum absolute atomic E-state index is 0.0972. The summed E-state index contributed by atoms with van der Waals surface area (Å²) in [7, 11) is 0. The Bertz CT molecular complexity index is 1330. The van der Waals surface area contributed by atoms with Crippen molar-refractivity contribution < 1.29 is 19.5 Å². The van der Waals surface area contributed by atoms with Crippen LogP contribution in [0.4, 0.5) is 0 Å². The molecule has 0 spiro atoms. The van der Waals surface area contributed by atoms with Gasteiger partial charge in [0, 0.05) is 11.0 Å². The molecule has 1 aromatic carbocycles. The Hall–Kier alpha value is -2.43. The summed E-state index contributed by atoms with van der Waals surface area (Å²) in [6.07, 6.45) is 10.3. The minimum Gasteiger partial charge on any atom is -0.457 e. The van der Waals surface area contributed by atoms with Gasteiger partial charge in [-0.2, -0.15) is 0 Å². The molecule has 0 aromatic heterocycles. The lowest BCUT2D eigenvalue weighted by molar-refractivity contribution is -0.231. The lowest BCUT2D eigenvalue weighted by atomic mass is 9.32. The summed E-state index contributed by atoms with van der Waals surface area (Å²) < 4.78 is 5.96. The van der Waals surface area contributed by atoms with Crippen molar-refractivity contribution in [2.75, 3.05) is 6.61 Å². The van der Waals surface area contributed by atoms with E-state index in [4.69, 9.17) is 4.74 Å². The van der Waals surface area contributed by atoms with Gasteiger partial charge in [-0.3, -0.25) is 9.59 Å². The zero-order chi connectivity index (χ0) is 31.0. The highest BCUT2D eigenvalue weighted by molar-refractivity contribution is 5.98. The first-order chi connectivity index (χ1) is 20.3. The topological polar surface area (TPSA) is 76.0 Å². The second-order valence-corrected chi connectivity index (χ2v) is 16.5. The molecular formula is C38H53NO4. The summed E-state index contributed by atoms with van der Waals surface area (Å²) in [5.41, 5.74) is 2.61. The molecule has 0 amide bonds. The van der Waals surface area contributed by atoms with Crippen molar-refractivity contribution in [3.05, 3.63) is 48.0 Å². The highest BCUT2D eigenvalue weighted by atomic mass is 16.5. The van der Waals surface area contributed by atoms with Gasteiger partial charge < -0.3 is 9.94 Å². The van der Waals surface area contributed by atoms with Crippen molar-refractivity contribution in [3.63, 3.8) is 0 Å². The summed E-state index contributed by atoms with van der Waals surface area (Å²) in [5, 5.41) is 13.7. The van der Waals surface area contributed by atoms with E-state index in [1.165, 1.54) is 18.4 Å². The Kier molecular flexibility index (Phi) is 7.33. The molecule has 1 N–H and O–H groups in total. The van der Waals surface area contributed by atoms with E-state index >= 15 is 0 Å². The summed E-state index contributed by atoms with van der Waals surface area (Å²) in [6.45, 7) is 18.8. The smallest absolute Gasteiger partial charge is 0.312 e. The molecule has 5 nitrogen and oxygen atoms in total. The Morgan fingerprint density at radius 1 is 0.907 bits per heavy atom. The van der Waals surface area contributed by atoms with Crippen LogP contribution in [-0.4, -0.2) is 29.3 Å². The number of oxime groups is 1. The summed E-state index contributed by atoms with van der Waals surface area (Å²) in [4.78, 5) is 27.1. The van der Waals surface area contributed by atoms with E-state index in [0.29, 0.717) is 29.2 Å². The molecule has 0 radical (unpaired) electrons. The maximum absolute atomic E-state index is 14.2. The number of fused-ring (bicyclic) bond motifs is 7. The monoisotopic (exact) mass is 587 g/mol. The summed E-state index contributed by atoms with van der Waals surface area (Å²) >= 11 is 0. The van der Waals surface area contributed by atoms with Gasteiger partial charge in [0.05, 0.1) is 11.1 Å². The molecule has 5 heteroatoms. The number of hydrogen-bond donors (Lipinski definition) is 1. The zero-order valence-corrected chi connectivity index (χ0v) is 27.4. The van der Waals surface area contributed by atoms with E-state index in [2.05, 4.69) is 53.3 Å². The average molecular weight is 588 g/mol. The molecule has 0 bridgehead atoms. The van der Waals surface area contributed by atoms with E-state index in [0.717, 1.165) is 57.1 Å². The lowest BCUT2D eigenvalue weighted by Crippen LogP contribution is -2.66. The molecule has 234 valence electrons. The SMILES string of the molecule is C=C(C)[C@@H]1CC[C@]2(C(=O)OCC(=O)c3ccccc3)CC[C@]3(C)[C@H](CC[C@@H]4[C@@]5(C)CC/C(=N\O)C(C)(C)[C@@H]5CC[C@]43C)[C@@H]12. The van der Waals surface area contributed by atoms with Gasteiger partial charge in [-0.25, -0.2) is 0 Å². The molecule has 5 aliphatic rings. The number of carbonyl (C=O) groups excluding carboxylic acids is 2. The summed E-state index contributed by atoms with van der Waals surface area (Å²) in [5.74, 6) is 1.77. The molecule has 5 aliphatic carbocycles. The predicted molar refractivity (Wildman–Crippen MR) is 170 cm³/mol. The number of ketones is 1. The van der Waals surface area contributed by atoms with Crippen molar-refractivity contribution in [1.82, 2.24) is 0 Å². The molecule has 0 heterocycles. The van der Waals surface area contributed by atoms with Crippen LogP contribution in [0.2, 0.25) is 0 Å². The Labute approximate surface area is 258 Å². The number of rotatable bonds is 5. The molecule has 0 saturated heterocycles. The van der Waals surface area contributed by atoms with Crippen molar-refractivity contribution >= 4 is 17.5 Å². The fourth-order valence-corrected chi connectivity index (χ4v) is 12.5. The summed E-state index contributed by atoms with van der Waals surface area (Å²) in [6, 6.07) is 9.15. The molecule has 43 heavy (non-hydrogen) atoms. The third-order valence-electron chi connectivity index (χ3n) is 14.8. The quantitative estimate of drug-likeness (QED) is 0.123. The van der Waals surface area contributed by atoms with Gasteiger partial charge in [0.25, 0.3) is 0 Å². The Morgan fingerprint density at radius 2 is 1.63 bits per heavy atom. The van der Waals surface area contributed by atoms with E-state index in [9.17, 15) is 14.8 Å². The number of nitrogens with zero attached hydrogens (tertiary/aromatic N) is 1. The van der Waals surface area contributed by atoms with Crippen LogP contribution in [0.3, 0.4) is 0 Å². The predicted octanol–water partition coefficient (Wildman–Crippen LogP) is 8.90. The molecule has 9 atom stereocenters. The van der Waals surface area contributed by atoms with E-state index in [1.807, 2.05) is 18.2 Å². The Morgan fingerprint density at radius 3 is 2.30 bits per heavy atom. The second kappa shape index (κ2) is 10.3. The van der Waals surface area contributed by atoms with Crippen molar-refractivity contribution in [3.8, 4) is 0 Å². The van der Waals surface area contributed by atoms with Crippen LogP contribution in [-0.2, 0) is 9.53 Å². The van der Waals surface area contributed by atoms with E-state index in [-0.39, 0.29) is 45.9 Å². The van der Waals surface area contributed by atoms with Gasteiger partial charge in [-0.05, 0) is 117 Å². The molecule has 1 aromatic rings. The number of esters is 1. The van der Waals surface area contributed by atoms with Gasteiger partial charge in [-0.15, -0.1) is 0 Å². The molecule has 0 aliphatic heterocycles. The zero-order valence-electron chi connectivity index (χ0n) is 27.4. The molecule has 6 rings (SSSR count). The minimum atomic E-state index is -0.533. The highest BCUT2D eigenvalue weighted by Gasteiger charge is 2.72. The van der Waals surface area contributed by atoms with Crippen LogP contribution in [0, 0.1) is 56.7 Å². The van der Waals surface area contributed by atoms with E-state index < -0.39 is 5.41 Å². The number of allylic oxidation sites excluding steroid dienone is 1. The van der Waals surface area contributed by atoms with Crippen LogP contribution in [0.25, 0.3) is 0 Å². The first kappa shape index (κ1) is 30.6. The first-order valence-electron chi connectivity index (χ1n) is 16.9. The maximum Gasteiger partial charge on any atom is 0.312 e. The van der Waals surface area contributed by atoms with E-state index in [1.54, 1.807) is 12.1 Å². The van der Waals surface area contributed by atoms with Gasteiger partial charge in [0.1, 0.15) is 0 Å². The number of hydrogen-bond acceptors (Lipinski definition) is 5. The molecule has 5 saturated carbocycles. The molecule has 0 unspecified atom stereocenters. The number of carbonyl (C=O) groups is 2. The van der Waals surface area contributed by atoms with Gasteiger partial charge in [0.2, 0.25) is 0 Å². The lowest BCUT2D eigenvalue weighted by Gasteiger charge is -2.72. The highest BCUT2D eigenvalue weighted by Crippen LogP contribution is 2.77. The number of ether oxygens (including phenoxy) is 1. The van der Waals surface area contributed by atoms with Crippen LogP contribution < -0.4 is 0 Å². The van der Waals surface area contributed by atoms with Crippen LogP contribution in [0.1, 0.15) is 116 Å². The third kappa shape index (κ3) is 4.18.